The number of sulfonamides is 1. The lowest BCUT2D eigenvalue weighted by molar-refractivity contribution is -0.137. The van der Waals surface area contributed by atoms with E-state index in [1.807, 2.05) is 54.8 Å². The van der Waals surface area contributed by atoms with Crippen molar-refractivity contribution in [3.05, 3.63) is 147 Å². The molecule has 3 aromatic heterocycles. The van der Waals surface area contributed by atoms with Crippen LogP contribution in [0.2, 0.25) is 0 Å². The molecule has 8 rings (SSSR count). The summed E-state index contributed by atoms with van der Waals surface area (Å²) in [5, 5.41) is 32.1. The van der Waals surface area contributed by atoms with E-state index < -0.39 is 22.0 Å². The van der Waals surface area contributed by atoms with E-state index in [0.717, 1.165) is 37.7 Å². The van der Waals surface area contributed by atoms with Gasteiger partial charge >= 0.3 is 5.97 Å². The number of carbonyl (C=O) groups is 2. The van der Waals surface area contributed by atoms with Crippen molar-refractivity contribution in [2.75, 3.05) is 4.72 Å². The van der Waals surface area contributed by atoms with Gasteiger partial charge in [0.2, 0.25) is 0 Å². The van der Waals surface area contributed by atoms with E-state index in [2.05, 4.69) is 38.2 Å². The molecule has 57 heavy (non-hydrogen) atoms. The molecule has 0 saturated heterocycles. The molecule has 15 heteroatoms. The van der Waals surface area contributed by atoms with E-state index in [1.54, 1.807) is 60.0 Å². The van der Waals surface area contributed by atoms with Crippen molar-refractivity contribution in [1.82, 2.24) is 25.1 Å². The maximum atomic E-state index is 13.2. The molecular formula is C42H34N8O5S2. The first-order valence-corrected chi connectivity index (χ1v) is 20.1. The lowest BCUT2D eigenvalue weighted by Crippen LogP contribution is -2.22. The number of anilines is 1. The number of aromatic nitrogens is 4. The highest BCUT2D eigenvalue weighted by Crippen LogP contribution is 2.40. The first kappa shape index (κ1) is 37.1. The Morgan fingerprint density at radius 1 is 0.912 bits per heavy atom. The highest BCUT2D eigenvalue weighted by molar-refractivity contribution is 7.92. The van der Waals surface area contributed by atoms with Gasteiger partial charge in [0.15, 0.2) is 5.82 Å². The quantitative estimate of drug-likeness (QED) is 0.110. The van der Waals surface area contributed by atoms with Crippen LogP contribution in [0.1, 0.15) is 67.2 Å². The summed E-state index contributed by atoms with van der Waals surface area (Å²) in [6.07, 6.45) is 1.43. The zero-order valence-corrected chi connectivity index (χ0v) is 32.5. The molecule has 1 aliphatic rings. The van der Waals surface area contributed by atoms with Gasteiger partial charge in [-0.3, -0.25) is 23.9 Å². The third-order valence-corrected chi connectivity index (χ3v) is 12.6. The molecule has 1 amide bonds. The van der Waals surface area contributed by atoms with Crippen LogP contribution in [0, 0.1) is 32.1 Å². The number of amides is 1. The average Bonchev–Trinajstić information content (AvgIpc) is 3.91. The maximum absolute atomic E-state index is 13.2. The van der Waals surface area contributed by atoms with Crippen LogP contribution in [0.25, 0.3) is 27.0 Å². The summed E-state index contributed by atoms with van der Waals surface area (Å²) < 4.78 is 30.9. The van der Waals surface area contributed by atoms with Gasteiger partial charge in [-0.05, 0) is 85.5 Å². The molecule has 0 radical (unpaired) electrons. The van der Waals surface area contributed by atoms with Gasteiger partial charge in [-0.1, -0.05) is 48.5 Å². The number of nitrogens with one attached hydrogen (secondary N) is 3. The number of thiophene rings is 1. The fourth-order valence-electron chi connectivity index (χ4n) is 6.94. The number of hydrogen-bond donors (Lipinski definition) is 4. The van der Waals surface area contributed by atoms with Crippen molar-refractivity contribution in [2.24, 2.45) is 4.99 Å². The molecule has 0 spiro atoms. The molecule has 13 nitrogen and oxygen atoms in total. The molecule has 0 bridgehead atoms. The van der Waals surface area contributed by atoms with Crippen LogP contribution >= 0.6 is 11.3 Å². The Balaban J connectivity index is 0.942. The molecule has 4 heterocycles. The van der Waals surface area contributed by atoms with Gasteiger partial charge in [-0.25, -0.2) is 8.42 Å². The lowest BCUT2D eigenvalue weighted by atomic mass is 9.96. The van der Waals surface area contributed by atoms with Crippen molar-refractivity contribution < 1.29 is 23.1 Å². The number of aromatic amines is 1. The Labute approximate surface area is 331 Å². The summed E-state index contributed by atoms with van der Waals surface area (Å²) in [6.45, 7) is 6.15. The van der Waals surface area contributed by atoms with Crippen LogP contribution in [0.3, 0.4) is 0 Å². The number of fused-ring (bicyclic) bond motifs is 4. The number of carboxylic acid groups (broad SMARTS) is 1. The minimum absolute atomic E-state index is 0.0524. The summed E-state index contributed by atoms with van der Waals surface area (Å²) >= 11 is 1.61. The molecule has 7 aromatic rings. The van der Waals surface area contributed by atoms with E-state index in [0.29, 0.717) is 50.6 Å². The standard InChI is InChI=1S/C42H34N8O5S2/c1-23-24(2)56-42-37(23)38(46-35(20-36(51)52)40-48-47-25(3)50(40)42)29-10-6-27(7-11-29)28-8-12-30(13-9-28)41(53)45-22-26-4-15-32(16-5-26)57(54,55)49-34-17-14-31(21-43)33-18-19-44-39(33)34/h4-19,35,44,49H,20,22H2,1-3H3,(H,45,53)(H,51,52)/t35-/m0/s1. The molecular weight excluding hydrogens is 761 g/mol. The molecule has 0 aliphatic carbocycles. The number of aryl methyl sites for hydroxylation is 2. The highest BCUT2D eigenvalue weighted by Gasteiger charge is 2.32. The fraction of sp³-hybridized carbons (Fsp3) is 0.143. The van der Waals surface area contributed by atoms with E-state index in [1.165, 1.54) is 12.1 Å². The van der Waals surface area contributed by atoms with Crippen molar-refractivity contribution in [3.63, 3.8) is 0 Å². The number of aliphatic carboxylic acids is 1. The van der Waals surface area contributed by atoms with E-state index >= 15 is 0 Å². The van der Waals surface area contributed by atoms with Gasteiger partial charge in [0, 0.05) is 39.7 Å². The predicted molar refractivity (Wildman–Crippen MR) is 217 cm³/mol. The largest absolute Gasteiger partial charge is 0.481 e. The number of nitriles is 1. The van der Waals surface area contributed by atoms with E-state index in [4.69, 9.17) is 4.99 Å². The summed E-state index contributed by atoms with van der Waals surface area (Å²) in [5.41, 5.74) is 7.84. The van der Waals surface area contributed by atoms with Crippen LogP contribution < -0.4 is 10.0 Å². The fourth-order valence-corrected chi connectivity index (χ4v) is 9.22. The number of benzene rings is 4. The Hall–Kier alpha value is -6.89. The zero-order chi connectivity index (χ0) is 40.0. The highest BCUT2D eigenvalue weighted by atomic mass is 32.2. The second kappa shape index (κ2) is 14.6. The molecule has 284 valence electrons. The van der Waals surface area contributed by atoms with Crippen molar-refractivity contribution in [1.29, 1.82) is 5.26 Å². The Kier molecular flexibility index (Phi) is 9.52. The van der Waals surface area contributed by atoms with Crippen LogP contribution in [-0.2, 0) is 21.4 Å². The molecule has 0 saturated carbocycles. The van der Waals surface area contributed by atoms with Crippen molar-refractivity contribution in [3.8, 4) is 22.2 Å². The number of aliphatic imine (C=N–C) groups is 1. The number of carboxylic acids is 1. The predicted octanol–water partition coefficient (Wildman–Crippen LogP) is 7.37. The van der Waals surface area contributed by atoms with Crippen molar-refractivity contribution in [2.45, 2.75) is 44.7 Å². The first-order chi connectivity index (χ1) is 27.4. The number of carbonyl (C=O) groups excluding carboxylic acids is 1. The molecule has 4 N–H and O–H groups in total. The van der Waals surface area contributed by atoms with Gasteiger partial charge in [0.25, 0.3) is 15.9 Å². The summed E-state index contributed by atoms with van der Waals surface area (Å²) in [6, 6.07) is 27.6. The number of hydrogen-bond acceptors (Lipinski definition) is 9. The maximum Gasteiger partial charge on any atom is 0.306 e. The van der Waals surface area contributed by atoms with Crippen LogP contribution in [-0.4, -0.2) is 50.9 Å². The minimum atomic E-state index is -3.93. The van der Waals surface area contributed by atoms with Gasteiger partial charge in [0.1, 0.15) is 16.9 Å². The first-order valence-electron chi connectivity index (χ1n) is 17.8. The Bertz CT molecular complexity index is 2900. The second-order valence-electron chi connectivity index (χ2n) is 13.6. The molecule has 1 atom stereocenters. The Morgan fingerprint density at radius 3 is 2.28 bits per heavy atom. The normalized spacial score (nSPS) is 13.6. The minimum Gasteiger partial charge on any atom is -0.481 e. The smallest absolute Gasteiger partial charge is 0.306 e. The number of H-pyrrole nitrogens is 1. The zero-order valence-electron chi connectivity index (χ0n) is 30.9. The number of nitrogens with zero attached hydrogens (tertiary/aromatic N) is 5. The number of rotatable bonds is 10. The van der Waals surface area contributed by atoms with Gasteiger partial charge < -0.3 is 15.4 Å². The lowest BCUT2D eigenvalue weighted by Gasteiger charge is -2.12. The molecule has 0 fully saturated rings. The second-order valence-corrected chi connectivity index (χ2v) is 16.5. The molecule has 4 aromatic carbocycles. The average molecular weight is 795 g/mol. The van der Waals surface area contributed by atoms with E-state index in [9.17, 15) is 28.4 Å². The van der Waals surface area contributed by atoms with Crippen molar-refractivity contribution >= 4 is 55.5 Å². The van der Waals surface area contributed by atoms with Gasteiger partial charge in [0.05, 0.1) is 39.9 Å². The van der Waals surface area contributed by atoms with Crippen LogP contribution in [0.4, 0.5) is 5.69 Å². The van der Waals surface area contributed by atoms with E-state index in [-0.39, 0.29) is 23.8 Å². The SMILES string of the molecule is Cc1sc2c(c1C)C(c1ccc(-c3ccc(C(=O)NCc4ccc(S(=O)(=O)Nc5ccc(C#N)c6cc[nH]c56)cc4)cc3)cc1)=N[C@@H](CC(=O)O)c1nnc(C)n1-2. The molecule has 1 aliphatic heterocycles. The van der Waals surface area contributed by atoms with Gasteiger partial charge in [-0.15, -0.1) is 21.5 Å². The third kappa shape index (κ3) is 6.96. The monoisotopic (exact) mass is 794 g/mol. The summed E-state index contributed by atoms with van der Waals surface area (Å²) in [4.78, 5) is 34.1. The van der Waals surface area contributed by atoms with Crippen LogP contribution in [0.15, 0.2) is 107 Å². The van der Waals surface area contributed by atoms with Crippen LogP contribution in [0.5, 0.6) is 0 Å². The summed E-state index contributed by atoms with van der Waals surface area (Å²) in [5.74, 6) is -0.0822. The van der Waals surface area contributed by atoms with Gasteiger partial charge in [-0.2, -0.15) is 5.26 Å². The summed E-state index contributed by atoms with van der Waals surface area (Å²) in [7, 11) is -3.93. The topological polar surface area (TPSA) is 195 Å². The molecule has 0 unspecified atom stereocenters. The Morgan fingerprint density at radius 2 is 1.60 bits per heavy atom. The third-order valence-electron chi connectivity index (χ3n) is 10.0.